The largest absolute Gasteiger partial charge is 0.481 e. The van der Waals surface area contributed by atoms with Gasteiger partial charge in [-0.1, -0.05) is 55.5 Å². The number of benzene rings is 2. The van der Waals surface area contributed by atoms with Crippen molar-refractivity contribution in [2.24, 2.45) is 17.8 Å². The third kappa shape index (κ3) is 4.55. The van der Waals surface area contributed by atoms with E-state index in [1.165, 1.54) is 11.1 Å². The van der Waals surface area contributed by atoms with Crippen molar-refractivity contribution in [1.82, 2.24) is 10.6 Å². The quantitative estimate of drug-likeness (QED) is 0.607. The average Bonchev–Trinajstić information content (AvgIpc) is 3.50. The zero-order valence-corrected chi connectivity index (χ0v) is 17.3. The van der Waals surface area contributed by atoms with Crippen molar-refractivity contribution in [1.29, 1.82) is 0 Å². The van der Waals surface area contributed by atoms with Crippen molar-refractivity contribution in [2.45, 2.75) is 19.3 Å². The van der Waals surface area contributed by atoms with Gasteiger partial charge in [0.05, 0.1) is 11.8 Å². The Morgan fingerprint density at radius 2 is 1.65 bits per heavy atom. The molecule has 0 bridgehead atoms. The smallest absolute Gasteiger partial charge is 0.407 e. The number of hydrogen-bond donors (Lipinski definition) is 3. The summed E-state index contributed by atoms with van der Waals surface area (Å²) in [6.07, 6.45) is 0.0387. The van der Waals surface area contributed by atoms with E-state index in [4.69, 9.17) is 9.84 Å². The van der Waals surface area contributed by atoms with Gasteiger partial charge in [-0.3, -0.25) is 9.59 Å². The van der Waals surface area contributed by atoms with Gasteiger partial charge in [-0.25, -0.2) is 4.79 Å². The first-order valence-corrected chi connectivity index (χ1v) is 10.5. The fourth-order valence-electron chi connectivity index (χ4n) is 4.16. The Kier molecular flexibility index (Phi) is 5.93. The first-order chi connectivity index (χ1) is 15.0. The number of carbonyl (C=O) groups is 3. The van der Waals surface area contributed by atoms with Gasteiger partial charge in [-0.15, -0.1) is 0 Å². The maximum absolute atomic E-state index is 12.2. The molecule has 2 aromatic rings. The van der Waals surface area contributed by atoms with E-state index in [2.05, 4.69) is 34.9 Å². The molecule has 4 rings (SSSR count). The number of ether oxygens (including phenoxy) is 1. The molecule has 31 heavy (non-hydrogen) atoms. The molecule has 1 fully saturated rings. The second-order valence-electron chi connectivity index (χ2n) is 8.29. The van der Waals surface area contributed by atoms with Gasteiger partial charge in [-0.05, 0) is 34.6 Å². The van der Waals surface area contributed by atoms with Crippen LogP contribution < -0.4 is 10.6 Å². The second kappa shape index (κ2) is 8.79. The second-order valence-corrected chi connectivity index (χ2v) is 8.29. The Balaban J connectivity index is 1.24. The van der Waals surface area contributed by atoms with Crippen LogP contribution in [0.3, 0.4) is 0 Å². The predicted octanol–water partition coefficient (Wildman–Crippen LogP) is 3.00. The van der Waals surface area contributed by atoms with Crippen LogP contribution >= 0.6 is 0 Å². The molecule has 3 N–H and O–H groups in total. The van der Waals surface area contributed by atoms with Crippen LogP contribution in [0.1, 0.15) is 30.4 Å². The lowest BCUT2D eigenvalue weighted by Crippen LogP contribution is -2.38. The number of hydrogen-bond acceptors (Lipinski definition) is 4. The van der Waals surface area contributed by atoms with Crippen LogP contribution in [0.2, 0.25) is 0 Å². The molecule has 2 aliphatic carbocycles. The van der Waals surface area contributed by atoms with Gasteiger partial charge in [0.2, 0.25) is 5.91 Å². The molecular weight excluding hydrogens is 396 g/mol. The highest BCUT2D eigenvalue weighted by molar-refractivity contribution is 5.80. The maximum atomic E-state index is 12.2. The number of rotatable bonds is 8. The Hall–Kier alpha value is -3.35. The molecule has 0 radical (unpaired) electrons. The van der Waals surface area contributed by atoms with E-state index in [0.29, 0.717) is 13.0 Å². The molecule has 162 valence electrons. The number of carboxylic acids is 1. The van der Waals surface area contributed by atoms with Crippen LogP contribution in [0.4, 0.5) is 4.79 Å². The first kappa shape index (κ1) is 20.9. The summed E-state index contributed by atoms with van der Waals surface area (Å²) >= 11 is 0. The van der Waals surface area contributed by atoms with Gasteiger partial charge in [-0.2, -0.15) is 0 Å². The topological polar surface area (TPSA) is 105 Å². The molecule has 1 saturated carbocycles. The minimum atomic E-state index is -0.816. The van der Waals surface area contributed by atoms with Crippen molar-refractivity contribution < 1.29 is 24.2 Å². The van der Waals surface area contributed by atoms with E-state index in [-0.39, 0.29) is 36.8 Å². The molecule has 2 amide bonds. The molecule has 0 saturated heterocycles. The summed E-state index contributed by atoms with van der Waals surface area (Å²) in [7, 11) is 0. The van der Waals surface area contributed by atoms with Crippen LogP contribution in [0, 0.1) is 17.8 Å². The highest BCUT2D eigenvalue weighted by Crippen LogP contribution is 2.44. The number of alkyl carbamates (subject to hydrolysis) is 1. The fourth-order valence-corrected chi connectivity index (χ4v) is 4.16. The Morgan fingerprint density at radius 3 is 2.23 bits per heavy atom. The third-order valence-electron chi connectivity index (χ3n) is 6.12. The summed E-state index contributed by atoms with van der Waals surface area (Å²) in [5, 5.41) is 14.3. The van der Waals surface area contributed by atoms with Gasteiger partial charge in [0.1, 0.15) is 6.61 Å². The molecule has 1 unspecified atom stereocenters. The lowest BCUT2D eigenvalue weighted by molar-refractivity contribution is -0.139. The van der Waals surface area contributed by atoms with Gasteiger partial charge in [0.15, 0.2) is 0 Å². The van der Waals surface area contributed by atoms with E-state index in [0.717, 1.165) is 11.1 Å². The number of carbonyl (C=O) groups excluding carboxylic acids is 2. The molecule has 0 aromatic heterocycles. The molecule has 3 atom stereocenters. The number of aliphatic carboxylic acids is 1. The number of carboxylic acid groups (broad SMARTS) is 1. The van der Waals surface area contributed by atoms with Crippen LogP contribution in [0.25, 0.3) is 11.1 Å². The first-order valence-electron chi connectivity index (χ1n) is 10.5. The van der Waals surface area contributed by atoms with Gasteiger partial charge >= 0.3 is 12.1 Å². The molecule has 0 spiro atoms. The summed E-state index contributed by atoms with van der Waals surface area (Å²) in [4.78, 5) is 35.2. The Labute approximate surface area is 180 Å². The summed E-state index contributed by atoms with van der Waals surface area (Å²) in [5.41, 5.74) is 4.62. The van der Waals surface area contributed by atoms with Crippen molar-refractivity contribution in [2.75, 3.05) is 19.7 Å². The SMILES string of the molecule is CC(CNC(=O)OCC1c2ccccc2-c2ccccc21)C(=O)NC[C@@H]1C[C@@H]1C(=O)O. The number of fused-ring (bicyclic) bond motifs is 3. The molecule has 0 aliphatic heterocycles. The van der Waals surface area contributed by atoms with Crippen LogP contribution in [0.15, 0.2) is 48.5 Å². The minimum Gasteiger partial charge on any atom is -0.481 e. The van der Waals surface area contributed by atoms with Crippen molar-refractivity contribution in [3.63, 3.8) is 0 Å². The van der Waals surface area contributed by atoms with Crippen LogP contribution in [-0.4, -0.2) is 42.8 Å². The molecule has 0 heterocycles. The lowest BCUT2D eigenvalue weighted by Gasteiger charge is -2.16. The zero-order valence-electron chi connectivity index (χ0n) is 17.3. The lowest BCUT2D eigenvalue weighted by atomic mass is 9.98. The van der Waals surface area contributed by atoms with E-state index in [1.807, 2.05) is 24.3 Å². The number of amides is 2. The molecule has 7 heteroatoms. The molecular formula is C24H26N2O5. The summed E-state index contributed by atoms with van der Waals surface area (Å²) in [6.45, 7) is 2.43. The molecule has 2 aliphatic rings. The molecule has 7 nitrogen and oxygen atoms in total. The van der Waals surface area contributed by atoms with Crippen LogP contribution in [0.5, 0.6) is 0 Å². The molecule has 2 aromatic carbocycles. The summed E-state index contributed by atoms with van der Waals surface area (Å²) in [5.74, 6) is -1.83. The average molecular weight is 422 g/mol. The zero-order chi connectivity index (χ0) is 22.0. The van der Waals surface area contributed by atoms with E-state index >= 15 is 0 Å². The monoisotopic (exact) mass is 422 g/mol. The minimum absolute atomic E-state index is 0.00346. The predicted molar refractivity (Wildman–Crippen MR) is 114 cm³/mol. The maximum Gasteiger partial charge on any atom is 0.407 e. The summed E-state index contributed by atoms with van der Waals surface area (Å²) < 4.78 is 5.47. The standard InChI is InChI=1S/C24H26N2O5/c1-14(22(27)25-12-15-10-20(15)23(28)29)11-26-24(30)31-13-21-18-8-4-2-6-16(18)17-7-3-5-9-19(17)21/h2-9,14-15,20-21H,10-13H2,1H3,(H,25,27)(H,26,30)(H,28,29)/t14?,15-,20-/m0/s1. The Bertz CT molecular complexity index is 959. The van der Waals surface area contributed by atoms with Crippen molar-refractivity contribution in [3.05, 3.63) is 59.7 Å². The van der Waals surface area contributed by atoms with Gasteiger partial charge < -0.3 is 20.5 Å². The van der Waals surface area contributed by atoms with Crippen LogP contribution in [-0.2, 0) is 14.3 Å². The summed E-state index contributed by atoms with van der Waals surface area (Å²) in [6, 6.07) is 16.2. The van der Waals surface area contributed by atoms with Gasteiger partial charge in [0.25, 0.3) is 0 Å². The van der Waals surface area contributed by atoms with Gasteiger partial charge in [0, 0.05) is 19.0 Å². The van der Waals surface area contributed by atoms with E-state index in [9.17, 15) is 14.4 Å². The third-order valence-corrected chi connectivity index (χ3v) is 6.12. The highest BCUT2D eigenvalue weighted by atomic mass is 16.5. The van der Waals surface area contributed by atoms with E-state index in [1.54, 1.807) is 6.92 Å². The number of nitrogens with one attached hydrogen (secondary N) is 2. The van der Waals surface area contributed by atoms with E-state index < -0.39 is 18.0 Å². The van der Waals surface area contributed by atoms with Crippen molar-refractivity contribution >= 4 is 18.0 Å². The van der Waals surface area contributed by atoms with Crippen molar-refractivity contribution in [3.8, 4) is 11.1 Å². The fraction of sp³-hybridized carbons (Fsp3) is 0.375. The Morgan fingerprint density at radius 1 is 1.03 bits per heavy atom. The normalized spacial score (nSPS) is 19.6. The highest BCUT2D eigenvalue weighted by Gasteiger charge is 2.43.